The quantitative estimate of drug-likeness (QED) is 0.526. The Balaban J connectivity index is 1.94. The molecule has 2 aromatic rings. The number of aromatic nitrogens is 3. The SMILES string of the molecule is CC1(C)OC[C@@H](O)C([C@@H](O)[C@H](F)n2cc(I)c3c(Cl)ncnc32)O1. The molecule has 2 N–H and O–H groups in total. The maximum Gasteiger partial charge on any atom is 0.206 e. The van der Waals surface area contributed by atoms with Crippen LogP contribution < -0.4 is 0 Å². The molecule has 7 nitrogen and oxygen atoms in total. The zero-order valence-electron chi connectivity index (χ0n) is 12.9. The largest absolute Gasteiger partial charge is 0.388 e. The third-order valence-electron chi connectivity index (χ3n) is 3.80. The van der Waals surface area contributed by atoms with E-state index in [2.05, 4.69) is 9.97 Å². The number of hydrogen-bond acceptors (Lipinski definition) is 6. The van der Waals surface area contributed by atoms with Crippen molar-refractivity contribution in [2.24, 2.45) is 0 Å². The standard InChI is InChI=1S/C14H16ClFIN3O4/c1-14(2)23-4-7(21)10(24-14)9(22)12(16)20-3-6(17)8-11(15)18-5-19-13(8)20/h3,5,7,9-10,12,21-22H,4H2,1-2H3/t7-,9-,10?,12-/m1/s1. The summed E-state index contributed by atoms with van der Waals surface area (Å²) < 4.78 is 27.6. The van der Waals surface area contributed by atoms with Crippen LogP contribution in [0.15, 0.2) is 12.5 Å². The monoisotopic (exact) mass is 471 g/mol. The third kappa shape index (κ3) is 3.25. The average molecular weight is 472 g/mol. The molecule has 3 rings (SSSR count). The summed E-state index contributed by atoms with van der Waals surface area (Å²) in [6.07, 6.45) is -3.10. The number of aliphatic hydroxyl groups excluding tert-OH is 2. The maximum absolute atomic E-state index is 15.0. The zero-order chi connectivity index (χ0) is 17.6. The van der Waals surface area contributed by atoms with Crippen LogP contribution in [0.1, 0.15) is 20.1 Å². The molecule has 24 heavy (non-hydrogen) atoms. The first-order valence-electron chi connectivity index (χ1n) is 7.20. The summed E-state index contributed by atoms with van der Waals surface area (Å²) in [5.74, 6) is -1.02. The van der Waals surface area contributed by atoms with Gasteiger partial charge >= 0.3 is 0 Å². The van der Waals surface area contributed by atoms with E-state index in [0.717, 1.165) is 4.57 Å². The predicted octanol–water partition coefficient (Wildman–Crippen LogP) is 2.03. The summed E-state index contributed by atoms with van der Waals surface area (Å²) in [5, 5.41) is 21.1. The van der Waals surface area contributed by atoms with E-state index in [0.29, 0.717) is 8.96 Å². The molecular formula is C14H16ClFIN3O4. The van der Waals surface area contributed by atoms with Crippen molar-refractivity contribution < 1.29 is 24.1 Å². The summed E-state index contributed by atoms with van der Waals surface area (Å²) >= 11 is 8.02. The van der Waals surface area contributed by atoms with Crippen molar-refractivity contribution in [2.75, 3.05) is 6.61 Å². The fraction of sp³-hybridized carbons (Fsp3) is 0.571. The molecule has 2 aromatic heterocycles. The summed E-state index contributed by atoms with van der Waals surface area (Å²) in [6.45, 7) is 3.21. The molecule has 4 atom stereocenters. The van der Waals surface area contributed by atoms with Crippen molar-refractivity contribution >= 4 is 45.2 Å². The molecule has 1 aliphatic heterocycles. The third-order valence-corrected chi connectivity index (χ3v) is 4.91. The molecule has 1 saturated heterocycles. The highest BCUT2D eigenvalue weighted by atomic mass is 127. The summed E-state index contributed by atoms with van der Waals surface area (Å²) in [5.41, 5.74) is 0.256. The van der Waals surface area contributed by atoms with Gasteiger partial charge in [0, 0.05) is 9.77 Å². The van der Waals surface area contributed by atoms with Crippen LogP contribution >= 0.6 is 34.2 Å². The Labute approximate surface area is 155 Å². The van der Waals surface area contributed by atoms with Crippen molar-refractivity contribution in [3.8, 4) is 0 Å². The van der Waals surface area contributed by atoms with Gasteiger partial charge in [-0.2, -0.15) is 0 Å². The van der Waals surface area contributed by atoms with Gasteiger partial charge in [-0.3, -0.25) is 4.57 Å². The Kier molecular flexibility index (Phi) is 5.02. The van der Waals surface area contributed by atoms with E-state index in [4.69, 9.17) is 21.1 Å². The molecule has 1 fully saturated rings. The van der Waals surface area contributed by atoms with Crippen molar-refractivity contribution in [3.05, 3.63) is 21.2 Å². The van der Waals surface area contributed by atoms with E-state index in [1.54, 1.807) is 13.8 Å². The van der Waals surface area contributed by atoms with Gasteiger partial charge in [0.25, 0.3) is 0 Å². The van der Waals surface area contributed by atoms with Crippen LogP contribution in [0.2, 0.25) is 5.15 Å². The molecule has 132 valence electrons. The number of nitrogens with zero attached hydrogens (tertiary/aromatic N) is 3. The summed E-state index contributed by atoms with van der Waals surface area (Å²) in [7, 11) is 0. The molecule has 3 heterocycles. The molecule has 0 radical (unpaired) electrons. The lowest BCUT2D eigenvalue weighted by Gasteiger charge is -2.41. The molecule has 1 unspecified atom stereocenters. The molecule has 0 aliphatic carbocycles. The van der Waals surface area contributed by atoms with Crippen molar-refractivity contribution in [1.82, 2.24) is 14.5 Å². The first-order valence-corrected chi connectivity index (χ1v) is 8.65. The molecule has 0 bridgehead atoms. The Bertz CT molecular complexity index is 759. The van der Waals surface area contributed by atoms with Gasteiger partial charge in [-0.25, -0.2) is 14.4 Å². The van der Waals surface area contributed by atoms with Crippen LogP contribution in [-0.2, 0) is 9.47 Å². The summed E-state index contributed by atoms with van der Waals surface area (Å²) in [6, 6.07) is 0. The molecule has 0 aromatic carbocycles. The van der Waals surface area contributed by atoms with Gasteiger partial charge in [0.2, 0.25) is 6.30 Å². The highest BCUT2D eigenvalue weighted by molar-refractivity contribution is 14.1. The minimum atomic E-state index is -1.89. The minimum Gasteiger partial charge on any atom is -0.388 e. The molecule has 10 heteroatoms. The first kappa shape index (κ1) is 18.2. The molecular weight excluding hydrogens is 456 g/mol. The fourth-order valence-corrected chi connectivity index (χ4v) is 3.82. The molecule has 1 aliphatic rings. The molecule has 0 amide bonds. The van der Waals surface area contributed by atoms with Crippen LogP contribution in [0.25, 0.3) is 11.0 Å². The van der Waals surface area contributed by atoms with Crippen molar-refractivity contribution in [2.45, 2.75) is 44.2 Å². The van der Waals surface area contributed by atoms with Gasteiger partial charge in [0.05, 0.1) is 12.0 Å². The summed E-state index contributed by atoms with van der Waals surface area (Å²) in [4.78, 5) is 7.92. The number of fused-ring (bicyclic) bond motifs is 1. The topological polar surface area (TPSA) is 89.6 Å². The number of halogens is 3. The van der Waals surface area contributed by atoms with Crippen molar-refractivity contribution in [3.63, 3.8) is 0 Å². The fourth-order valence-electron chi connectivity index (χ4n) is 2.63. The van der Waals surface area contributed by atoms with Gasteiger partial charge < -0.3 is 19.7 Å². The van der Waals surface area contributed by atoms with Crippen molar-refractivity contribution in [1.29, 1.82) is 0 Å². The van der Waals surface area contributed by atoms with E-state index >= 15 is 0 Å². The Morgan fingerprint density at radius 3 is 2.92 bits per heavy atom. The Morgan fingerprint density at radius 1 is 1.50 bits per heavy atom. The molecule has 0 saturated carbocycles. The van der Waals surface area contributed by atoms with E-state index in [-0.39, 0.29) is 17.4 Å². The number of rotatable bonds is 3. The maximum atomic E-state index is 15.0. The van der Waals surface area contributed by atoms with Gasteiger partial charge in [-0.1, -0.05) is 11.6 Å². The Hall–Kier alpha value is -0.590. The number of ether oxygens (including phenoxy) is 2. The minimum absolute atomic E-state index is 0.0561. The molecule has 0 spiro atoms. The van der Waals surface area contributed by atoms with Crippen LogP contribution in [0, 0.1) is 3.57 Å². The average Bonchev–Trinajstić information content (AvgIpc) is 2.86. The van der Waals surface area contributed by atoms with E-state index in [9.17, 15) is 14.6 Å². The second-order valence-electron chi connectivity index (χ2n) is 5.97. The van der Waals surface area contributed by atoms with Crippen LogP contribution in [0.3, 0.4) is 0 Å². The van der Waals surface area contributed by atoms with Crippen LogP contribution in [0.5, 0.6) is 0 Å². The number of aliphatic hydroxyl groups is 2. The van der Waals surface area contributed by atoms with Gasteiger partial charge in [-0.05, 0) is 36.4 Å². The highest BCUT2D eigenvalue weighted by Crippen LogP contribution is 2.33. The first-order chi connectivity index (χ1) is 11.2. The van der Waals surface area contributed by atoms with Gasteiger partial charge in [-0.15, -0.1) is 0 Å². The predicted molar refractivity (Wildman–Crippen MR) is 92.3 cm³/mol. The van der Waals surface area contributed by atoms with E-state index < -0.39 is 30.4 Å². The zero-order valence-corrected chi connectivity index (χ0v) is 15.8. The van der Waals surface area contributed by atoms with Crippen LogP contribution in [-0.4, -0.2) is 55.5 Å². The lowest BCUT2D eigenvalue weighted by molar-refractivity contribution is -0.324. The van der Waals surface area contributed by atoms with Crippen LogP contribution in [0.4, 0.5) is 4.39 Å². The lowest BCUT2D eigenvalue weighted by Crippen LogP contribution is -2.54. The van der Waals surface area contributed by atoms with Gasteiger partial charge in [0.15, 0.2) is 5.79 Å². The second kappa shape index (κ2) is 6.61. The lowest BCUT2D eigenvalue weighted by atomic mass is 10.1. The Morgan fingerprint density at radius 2 is 2.21 bits per heavy atom. The normalized spacial score (nSPS) is 26.5. The smallest absolute Gasteiger partial charge is 0.206 e. The highest BCUT2D eigenvalue weighted by Gasteiger charge is 2.43. The van der Waals surface area contributed by atoms with Gasteiger partial charge in [0.1, 0.15) is 35.4 Å². The number of hydrogen-bond donors (Lipinski definition) is 2. The second-order valence-corrected chi connectivity index (χ2v) is 7.49. The van der Waals surface area contributed by atoms with E-state index in [1.165, 1.54) is 12.5 Å². The van der Waals surface area contributed by atoms with E-state index in [1.807, 2.05) is 22.6 Å². The number of alkyl halides is 1.